The topological polar surface area (TPSA) is 350 Å². The zero-order chi connectivity index (χ0) is 47.1. The van der Waals surface area contributed by atoms with Crippen LogP contribution in [0, 0.1) is 11.8 Å². The van der Waals surface area contributed by atoms with Crippen molar-refractivity contribution in [2.24, 2.45) is 0 Å². The van der Waals surface area contributed by atoms with Crippen LogP contribution in [0.5, 0.6) is 0 Å². The van der Waals surface area contributed by atoms with Crippen molar-refractivity contribution in [1.82, 2.24) is 19.4 Å². The lowest BCUT2D eigenvalue weighted by molar-refractivity contribution is -0.0542. The van der Waals surface area contributed by atoms with Gasteiger partial charge < -0.3 is 54.3 Å². The molecule has 6 atom stereocenters. The summed E-state index contributed by atoms with van der Waals surface area (Å²) in [6.07, 6.45) is -6.63. The first-order valence-electron chi connectivity index (χ1n) is 18.3. The second-order valence-corrected chi connectivity index (χ2v) is 18.7. The SMILES string of the molecule is CN(C)c1ccc2c(-c3cc(C(=O)NCC#Cc4cn([C@@H]5O[C@H](COP(=O)(O)OP(=O)(O)OP(=O)(O)O)[C@@H](O)[C@H]5O)c(=O)[nH]c4=O)ccc3C(=O)O)c3ccc(=[N+](C)C)cc-3oc2c1. The molecule has 2 aromatic carbocycles. The Balaban J connectivity index is 1.22. The maximum atomic E-state index is 13.5. The summed E-state index contributed by atoms with van der Waals surface area (Å²) in [6.45, 7) is -1.55. The van der Waals surface area contributed by atoms with Crippen LogP contribution >= 0.6 is 23.5 Å². The largest absolute Gasteiger partial charge is 0.490 e. The zero-order valence-corrected chi connectivity index (χ0v) is 36.4. The van der Waals surface area contributed by atoms with Gasteiger partial charge in [0.2, 0.25) is 5.36 Å². The Bertz CT molecular complexity index is 3050. The third-order valence-electron chi connectivity index (χ3n) is 9.46. The fourth-order valence-electron chi connectivity index (χ4n) is 6.49. The highest BCUT2D eigenvalue weighted by Gasteiger charge is 2.47. The summed E-state index contributed by atoms with van der Waals surface area (Å²) in [5.41, 5.74) is -0.0207. The number of carboxylic acid groups (broad SMARTS) is 1. The second kappa shape index (κ2) is 18.5. The molecule has 1 aromatic heterocycles. The molecule has 0 bridgehead atoms. The van der Waals surface area contributed by atoms with Gasteiger partial charge in [0.1, 0.15) is 49.3 Å². The Labute approximate surface area is 360 Å². The minimum absolute atomic E-state index is 0.0542. The smallest absolute Gasteiger partial charge is 0.478 e. The third-order valence-corrected chi connectivity index (χ3v) is 13.3. The fourth-order valence-corrected chi connectivity index (χ4v) is 9.52. The van der Waals surface area contributed by atoms with Gasteiger partial charge in [-0.2, -0.15) is 8.62 Å². The van der Waals surface area contributed by atoms with Crippen molar-refractivity contribution in [2.45, 2.75) is 24.5 Å². The standard InChI is InChI=1S/C37H38N5O19P3/c1-40(2)21-8-11-24-27(15-21)58-28-16-22(41(3)4)9-12-25(28)30(24)26-14-19(7-10-23(26)36(47)48)33(45)38-13-5-6-20-17-42(37(49)39-34(20)46)35-32(44)31(43)29(59-35)18-57-63(53,54)61-64(55,56)60-62(50,51)52/h7-12,14-17,29,31-32,35,43-44H,13,18H2,1-4H3,(H6-,38,39,45,46,47,48,49,50,51,52,53,54,55,56)/p+1/t29-,31-,32-,35-/m1/s1. The molecule has 0 spiro atoms. The quantitative estimate of drug-likeness (QED) is 0.0338. The van der Waals surface area contributed by atoms with Crippen molar-refractivity contribution in [3.05, 3.63) is 104 Å². The van der Waals surface area contributed by atoms with Gasteiger partial charge in [-0.1, -0.05) is 11.8 Å². The van der Waals surface area contributed by atoms with Crippen molar-refractivity contribution in [3.63, 3.8) is 0 Å². The number of phosphoric acid groups is 3. The van der Waals surface area contributed by atoms with E-state index in [1.54, 1.807) is 12.1 Å². The number of fused-ring (bicyclic) bond motifs is 2. The molecule has 9 N–H and O–H groups in total. The molecule has 340 valence electrons. The third kappa shape index (κ3) is 10.8. The lowest BCUT2D eigenvalue weighted by atomic mass is 9.89. The number of ether oxygens (including phenoxy) is 1. The van der Waals surface area contributed by atoms with E-state index in [-0.39, 0.29) is 23.2 Å². The molecular weight excluding hydrogens is 911 g/mol. The lowest BCUT2D eigenvalue weighted by Gasteiger charge is -2.19. The number of anilines is 1. The van der Waals surface area contributed by atoms with Crippen LogP contribution < -0.4 is 31.4 Å². The van der Waals surface area contributed by atoms with Crippen LogP contribution in [-0.4, -0.2) is 116 Å². The van der Waals surface area contributed by atoms with Crippen LogP contribution in [0.1, 0.15) is 32.5 Å². The van der Waals surface area contributed by atoms with Gasteiger partial charge in [0.15, 0.2) is 6.23 Å². The molecule has 24 nitrogen and oxygen atoms in total. The minimum Gasteiger partial charge on any atom is -0.478 e. The number of aliphatic hydroxyl groups is 2. The molecule has 0 radical (unpaired) electrons. The molecule has 1 amide bonds. The number of hydrogen-bond acceptors (Lipinski definition) is 15. The molecule has 3 aliphatic rings. The molecule has 64 heavy (non-hydrogen) atoms. The number of carbonyl (C=O) groups excluding carboxylic acids is 1. The molecule has 1 saturated heterocycles. The molecule has 2 unspecified atom stereocenters. The summed E-state index contributed by atoms with van der Waals surface area (Å²) in [5.74, 6) is 3.55. The van der Waals surface area contributed by atoms with Gasteiger partial charge in [-0.05, 0) is 42.0 Å². The number of aromatic nitrogens is 2. The highest BCUT2D eigenvalue weighted by Crippen LogP contribution is 2.66. The average molecular weight is 951 g/mol. The van der Waals surface area contributed by atoms with E-state index in [0.29, 0.717) is 32.4 Å². The lowest BCUT2D eigenvalue weighted by Crippen LogP contribution is -2.38. The number of hydrogen-bond donors (Lipinski definition) is 9. The van der Waals surface area contributed by atoms with Crippen molar-refractivity contribution in [1.29, 1.82) is 0 Å². The van der Waals surface area contributed by atoms with E-state index in [1.165, 1.54) is 18.2 Å². The number of aliphatic hydroxyl groups excluding tert-OH is 2. The van der Waals surface area contributed by atoms with E-state index in [2.05, 4.69) is 30.3 Å². The van der Waals surface area contributed by atoms with Crippen LogP contribution in [0.3, 0.4) is 0 Å². The molecular formula is C37H39N5O19P3+. The number of rotatable bonds is 13. The summed E-state index contributed by atoms with van der Waals surface area (Å²) < 4.78 is 60.5. The number of nitrogens with zero attached hydrogens (tertiary/aromatic N) is 3. The average Bonchev–Trinajstić information content (AvgIpc) is 3.47. The maximum Gasteiger partial charge on any atom is 0.490 e. The first kappa shape index (κ1) is 47.9. The summed E-state index contributed by atoms with van der Waals surface area (Å²) in [5, 5.41) is 35.4. The summed E-state index contributed by atoms with van der Waals surface area (Å²) in [4.78, 5) is 91.8. The molecule has 27 heteroatoms. The van der Waals surface area contributed by atoms with Crippen molar-refractivity contribution >= 4 is 52.0 Å². The summed E-state index contributed by atoms with van der Waals surface area (Å²) in [7, 11) is -9.76. The van der Waals surface area contributed by atoms with Crippen LogP contribution in [-0.2, 0) is 31.6 Å². The zero-order valence-electron chi connectivity index (χ0n) is 33.7. The fraction of sp³-hybridized carbons (Fsp3) is 0.270. The molecule has 1 aliphatic carbocycles. The highest BCUT2D eigenvalue weighted by molar-refractivity contribution is 7.66. The highest BCUT2D eigenvalue weighted by atomic mass is 31.3. The predicted molar refractivity (Wildman–Crippen MR) is 223 cm³/mol. The number of carbonyl (C=O) groups is 2. The number of H-pyrrole nitrogens is 1. The van der Waals surface area contributed by atoms with Gasteiger partial charge in [0.05, 0.1) is 24.8 Å². The van der Waals surface area contributed by atoms with Crippen LogP contribution in [0.15, 0.2) is 74.8 Å². The number of aromatic amines is 1. The molecule has 3 aromatic rings. The Kier molecular flexibility index (Phi) is 13.8. The van der Waals surface area contributed by atoms with E-state index in [4.69, 9.17) is 18.9 Å². The van der Waals surface area contributed by atoms with Crippen molar-refractivity contribution in [2.75, 3.05) is 46.2 Å². The number of phosphoric ester groups is 1. The summed E-state index contributed by atoms with van der Waals surface area (Å²) >= 11 is 0. The number of nitrogens with one attached hydrogen (secondary N) is 2. The maximum absolute atomic E-state index is 13.5. The van der Waals surface area contributed by atoms with Crippen molar-refractivity contribution in [3.8, 4) is 34.3 Å². The van der Waals surface area contributed by atoms with Crippen LogP contribution in [0.25, 0.3) is 33.4 Å². The Morgan fingerprint density at radius 3 is 2.31 bits per heavy atom. The Morgan fingerprint density at radius 1 is 0.938 bits per heavy atom. The Morgan fingerprint density at radius 2 is 1.66 bits per heavy atom. The van der Waals surface area contributed by atoms with E-state index in [1.807, 2.05) is 66.9 Å². The van der Waals surface area contributed by atoms with Gasteiger partial charge in [0, 0.05) is 60.2 Å². The molecule has 0 saturated carbocycles. The number of amides is 1. The van der Waals surface area contributed by atoms with Gasteiger partial charge in [-0.3, -0.25) is 23.7 Å². The van der Waals surface area contributed by atoms with E-state index in [0.717, 1.165) is 17.2 Å². The van der Waals surface area contributed by atoms with Gasteiger partial charge in [-0.15, -0.1) is 0 Å². The van der Waals surface area contributed by atoms with E-state index in [9.17, 15) is 58.0 Å². The number of carboxylic acids is 1. The first-order valence-corrected chi connectivity index (χ1v) is 22.9. The monoisotopic (exact) mass is 950 g/mol. The molecule has 6 rings (SSSR count). The normalized spacial score (nSPS) is 19.3. The predicted octanol–water partition coefficient (Wildman–Crippen LogP) is 0.595. The molecule has 3 heterocycles. The van der Waals surface area contributed by atoms with E-state index < -0.39 is 83.3 Å². The molecule has 1 fully saturated rings. The van der Waals surface area contributed by atoms with Crippen LogP contribution in [0.2, 0.25) is 0 Å². The van der Waals surface area contributed by atoms with Crippen LogP contribution in [0.4, 0.5) is 5.69 Å². The second-order valence-electron chi connectivity index (χ2n) is 14.3. The minimum atomic E-state index is -5.87. The number of benzene rings is 3. The van der Waals surface area contributed by atoms with Gasteiger partial charge >= 0.3 is 35.1 Å². The van der Waals surface area contributed by atoms with Gasteiger partial charge in [0.25, 0.3) is 11.5 Å². The Hall–Kier alpha value is -5.60. The number of aromatic carboxylic acids is 1. The van der Waals surface area contributed by atoms with Crippen molar-refractivity contribution < 1.29 is 80.5 Å². The van der Waals surface area contributed by atoms with Gasteiger partial charge in [-0.25, -0.2) is 27.9 Å². The van der Waals surface area contributed by atoms with E-state index >= 15 is 0 Å². The first-order chi connectivity index (χ1) is 29.8. The summed E-state index contributed by atoms with van der Waals surface area (Å²) in [6, 6.07) is 15.0. The molecule has 2 aliphatic heterocycles.